The maximum absolute atomic E-state index is 12.5. The van der Waals surface area contributed by atoms with Crippen LogP contribution in [-0.2, 0) is 0 Å². The third-order valence-corrected chi connectivity index (χ3v) is 2.95. The quantitative estimate of drug-likeness (QED) is 0.777. The van der Waals surface area contributed by atoms with Crippen molar-refractivity contribution in [2.45, 2.75) is 13.3 Å². The molecule has 1 aliphatic carbocycles. The summed E-state index contributed by atoms with van der Waals surface area (Å²) in [5, 5.41) is 0.430. The molecule has 5 heteroatoms. The van der Waals surface area contributed by atoms with E-state index in [0.29, 0.717) is 16.9 Å². The van der Waals surface area contributed by atoms with E-state index in [0.717, 1.165) is 12.1 Å². The lowest BCUT2D eigenvalue weighted by Crippen LogP contribution is -2.23. The number of fused-ring (bicyclic) bond motifs is 1. The second-order valence-electron chi connectivity index (χ2n) is 4.21. The van der Waals surface area contributed by atoms with Crippen molar-refractivity contribution < 1.29 is 0 Å². The van der Waals surface area contributed by atoms with Gasteiger partial charge in [-0.25, -0.2) is 15.0 Å². The number of allylic oxidation sites excluding steroid dienone is 6. The molecule has 0 bridgehead atoms. The van der Waals surface area contributed by atoms with Crippen molar-refractivity contribution in [2.75, 3.05) is 0 Å². The van der Waals surface area contributed by atoms with Crippen molar-refractivity contribution >= 4 is 16.7 Å². The zero-order valence-corrected chi connectivity index (χ0v) is 10.4. The minimum atomic E-state index is -0.138. The van der Waals surface area contributed by atoms with Crippen LogP contribution < -0.4 is 5.56 Å². The fraction of sp³-hybridized carbons (Fsp3) is 0.143. The number of aromatic nitrogens is 4. The molecule has 0 radical (unpaired) electrons. The van der Waals surface area contributed by atoms with E-state index in [4.69, 9.17) is 0 Å². The summed E-state index contributed by atoms with van der Waals surface area (Å²) >= 11 is 0. The number of rotatable bonds is 1. The van der Waals surface area contributed by atoms with Crippen LogP contribution in [0.4, 0.5) is 0 Å². The highest BCUT2D eigenvalue weighted by molar-refractivity contribution is 5.74. The Kier molecular flexibility index (Phi) is 2.79. The molecule has 0 spiro atoms. The molecule has 0 unspecified atom stereocenters. The Morgan fingerprint density at radius 2 is 2.21 bits per heavy atom. The standard InChI is InChI=1S/C14H12N4O/c1-10-17-13-12(8-15-9-16-13)14(19)18(10)11-6-4-2-3-5-7-11/h2-4,6-9H,5H2,1H3. The number of aryl methyl sites for hydroxylation is 1. The van der Waals surface area contributed by atoms with Crippen LogP contribution in [0.5, 0.6) is 0 Å². The second-order valence-corrected chi connectivity index (χ2v) is 4.21. The highest BCUT2D eigenvalue weighted by atomic mass is 16.1. The molecule has 0 N–H and O–H groups in total. The molecule has 19 heavy (non-hydrogen) atoms. The van der Waals surface area contributed by atoms with Gasteiger partial charge in [0.25, 0.3) is 5.56 Å². The number of nitrogens with zero attached hydrogens (tertiary/aromatic N) is 4. The van der Waals surface area contributed by atoms with Gasteiger partial charge in [-0.1, -0.05) is 24.3 Å². The van der Waals surface area contributed by atoms with Crippen LogP contribution in [0.1, 0.15) is 12.2 Å². The molecule has 5 nitrogen and oxygen atoms in total. The third kappa shape index (κ3) is 1.99. The summed E-state index contributed by atoms with van der Waals surface area (Å²) in [5.41, 5.74) is 1.12. The monoisotopic (exact) mass is 252 g/mol. The largest absolute Gasteiger partial charge is 0.269 e. The minimum Gasteiger partial charge on any atom is -0.268 e. The zero-order chi connectivity index (χ0) is 13.2. The Morgan fingerprint density at radius 1 is 1.32 bits per heavy atom. The maximum Gasteiger partial charge on any atom is 0.269 e. The lowest BCUT2D eigenvalue weighted by Gasteiger charge is -2.10. The van der Waals surface area contributed by atoms with Gasteiger partial charge in [0.05, 0.1) is 0 Å². The first-order valence-electron chi connectivity index (χ1n) is 6.00. The second kappa shape index (κ2) is 4.61. The molecular formula is C14H12N4O. The van der Waals surface area contributed by atoms with E-state index in [1.165, 1.54) is 12.5 Å². The van der Waals surface area contributed by atoms with Gasteiger partial charge in [0, 0.05) is 11.9 Å². The molecule has 94 valence electrons. The fourth-order valence-electron chi connectivity index (χ4n) is 2.07. The van der Waals surface area contributed by atoms with Crippen LogP contribution in [0, 0.1) is 6.92 Å². The van der Waals surface area contributed by atoms with E-state index in [1.807, 2.05) is 30.4 Å². The Balaban J connectivity index is 2.30. The fourth-order valence-corrected chi connectivity index (χ4v) is 2.07. The summed E-state index contributed by atoms with van der Waals surface area (Å²) in [6.07, 6.45) is 13.5. The van der Waals surface area contributed by atoms with Crippen molar-refractivity contribution in [3.63, 3.8) is 0 Å². The predicted octanol–water partition coefficient (Wildman–Crippen LogP) is 1.85. The Hall–Kier alpha value is -2.56. The summed E-state index contributed by atoms with van der Waals surface area (Å²) in [5.74, 6) is 0.619. The molecule has 2 heterocycles. The predicted molar refractivity (Wildman–Crippen MR) is 73.5 cm³/mol. The van der Waals surface area contributed by atoms with E-state index >= 15 is 0 Å². The van der Waals surface area contributed by atoms with Crippen LogP contribution in [0.3, 0.4) is 0 Å². The molecule has 2 aromatic rings. The Morgan fingerprint density at radius 3 is 3.11 bits per heavy atom. The molecule has 0 saturated carbocycles. The van der Waals surface area contributed by atoms with Gasteiger partial charge in [0.1, 0.15) is 17.5 Å². The van der Waals surface area contributed by atoms with Gasteiger partial charge in [-0.3, -0.25) is 9.36 Å². The van der Waals surface area contributed by atoms with Crippen LogP contribution in [0.25, 0.3) is 16.7 Å². The van der Waals surface area contributed by atoms with Crippen molar-refractivity contribution in [2.24, 2.45) is 0 Å². The Labute approximate surface area is 109 Å². The zero-order valence-electron chi connectivity index (χ0n) is 10.4. The normalized spacial score (nSPS) is 14.5. The maximum atomic E-state index is 12.5. The molecule has 0 atom stereocenters. The van der Waals surface area contributed by atoms with Crippen LogP contribution in [0.15, 0.2) is 47.7 Å². The molecule has 0 aromatic carbocycles. The highest BCUT2D eigenvalue weighted by Gasteiger charge is 2.11. The molecule has 3 rings (SSSR count). The molecule has 0 fully saturated rings. The lowest BCUT2D eigenvalue weighted by molar-refractivity contribution is 0.907. The van der Waals surface area contributed by atoms with Gasteiger partial charge in [0.15, 0.2) is 5.65 Å². The summed E-state index contributed by atoms with van der Waals surface area (Å²) < 4.78 is 1.59. The first-order valence-corrected chi connectivity index (χ1v) is 6.00. The average Bonchev–Trinajstić information content (AvgIpc) is 2.68. The first kappa shape index (κ1) is 11.5. The van der Waals surface area contributed by atoms with Crippen LogP contribution in [0.2, 0.25) is 0 Å². The molecule has 2 aromatic heterocycles. The van der Waals surface area contributed by atoms with Crippen molar-refractivity contribution in [1.29, 1.82) is 0 Å². The summed E-state index contributed by atoms with van der Waals surface area (Å²) in [6, 6.07) is 0. The van der Waals surface area contributed by atoms with E-state index in [1.54, 1.807) is 11.5 Å². The molecule has 0 aliphatic heterocycles. The van der Waals surface area contributed by atoms with Gasteiger partial charge in [-0.15, -0.1) is 0 Å². The van der Waals surface area contributed by atoms with Crippen LogP contribution >= 0.6 is 0 Å². The topological polar surface area (TPSA) is 60.7 Å². The van der Waals surface area contributed by atoms with E-state index < -0.39 is 0 Å². The van der Waals surface area contributed by atoms with Gasteiger partial charge in [-0.2, -0.15) is 0 Å². The molecule has 1 aliphatic rings. The van der Waals surface area contributed by atoms with Gasteiger partial charge >= 0.3 is 0 Å². The van der Waals surface area contributed by atoms with Gasteiger partial charge in [-0.05, 0) is 19.4 Å². The van der Waals surface area contributed by atoms with Crippen molar-refractivity contribution in [3.8, 4) is 0 Å². The smallest absolute Gasteiger partial charge is 0.268 e. The van der Waals surface area contributed by atoms with Crippen molar-refractivity contribution in [3.05, 3.63) is 59.1 Å². The van der Waals surface area contributed by atoms with E-state index in [-0.39, 0.29) is 5.56 Å². The lowest BCUT2D eigenvalue weighted by atomic mass is 10.3. The van der Waals surface area contributed by atoms with Gasteiger partial charge in [0.2, 0.25) is 0 Å². The first-order chi connectivity index (χ1) is 9.27. The summed E-state index contributed by atoms with van der Waals surface area (Å²) in [6.45, 7) is 1.80. The SMILES string of the molecule is Cc1nc2ncncc2c(=O)n1C1=CCC=CC=C1. The average molecular weight is 252 g/mol. The van der Waals surface area contributed by atoms with E-state index in [2.05, 4.69) is 15.0 Å². The number of hydrogen-bond donors (Lipinski definition) is 0. The molecule has 0 saturated heterocycles. The Bertz CT molecular complexity index is 784. The number of hydrogen-bond acceptors (Lipinski definition) is 4. The van der Waals surface area contributed by atoms with Gasteiger partial charge < -0.3 is 0 Å². The van der Waals surface area contributed by atoms with E-state index in [9.17, 15) is 4.79 Å². The molecular weight excluding hydrogens is 240 g/mol. The summed E-state index contributed by atoms with van der Waals surface area (Å²) in [4.78, 5) is 24.8. The summed E-state index contributed by atoms with van der Waals surface area (Å²) in [7, 11) is 0. The molecule has 0 amide bonds. The van der Waals surface area contributed by atoms with Crippen molar-refractivity contribution in [1.82, 2.24) is 19.5 Å². The van der Waals surface area contributed by atoms with Crippen LogP contribution in [-0.4, -0.2) is 19.5 Å². The minimum absolute atomic E-state index is 0.138. The third-order valence-electron chi connectivity index (χ3n) is 2.95. The highest BCUT2D eigenvalue weighted by Crippen LogP contribution is 2.13.